The van der Waals surface area contributed by atoms with Crippen LogP contribution >= 0.6 is 54.5 Å². The van der Waals surface area contributed by atoms with Gasteiger partial charge in [-0.2, -0.15) is 0 Å². The molecule has 0 saturated heterocycles. The Kier molecular flexibility index (Phi) is 6.58. The van der Waals surface area contributed by atoms with E-state index in [2.05, 4.69) is 41.9 Å². The number of methoxy groups -OCH3 is 1. The molecule has 0 bridgehead atoms. The van der Waals surface area contributed by atoms with Crippen LogP contribution in [0.4, 0.5) is 0 Å². The third kappa shape index (κ3) is 4.51. The third-order valence-corrected chi connectivity index (χ3v) is 4.21. The minimum atomic E-state index is -0.400. The molecule has 0 aromatic heterocycles. The van der Waals surface area contributed by atoms with E-state index in [1.807, 2.05) is 28.7 Å². The van der Waals surface area contributed by atoms with Gasteiger partial charge >= 0.3 is 5.97 Å². The third-order valence-electron chi connectivity index (χ3n) is 2.07. The van der Waals surface area contributed by atoms with Crippen LogP contribution in [0.3, 0.4) is 0 Å². The lowest BCUT2D eigenvalue weighted by molar-refractivity contribution is -0.139. The van der Waals surface area contributed by atoms with Crippen molar-refractivity contribution in [2.75, 3.05) is 13.7 Å². The molecule has 1 aromatic rings. The Hall–Kier alpha value is -0.150. The van der Waals surface area contributed by atoms with Crippen molar-refractivity contribution in [1.29, 1.82) is 0 Å². The quantitative estimate of drug-likeness (QED) is 0.401. The number of carbonyl (C=O) groups excluding carboxylic acids is 2. The Morgan fingerprint density at radius 2 is 2.11 bits per heavy atom. The van der Waals surface area contributed by atoms with E-state index in [0.717, 1.165) is 4.47 Å². The summed E-state index contributed by atoms with van der Waals surface area (Å²) >= 11 is 8.53. The highest BCUT2D eigenvalue weighted by atomic mass is 127. The van der Waals surface area contributed by atoms with Crippen molar-refractivity contribution in [3.05, 3.63) is 32.7 Å². The zero-order valence-electron chi connectivity index (χ0n) is 9.38. The Morgan fingerprint density at radius 3 is 2.72 bits per heavy atom. The standard InChI is InChI=1S/C11H10Br2INO3/c1-18-11(17)9(14)5-15-10(16)7-4-6(12)2-3-8(7)13/h2-4,9H,5H2,1H3,(H,15,16). The van der Waals surface area contributed by atoms with Crippen molar-refractivity contribution in [2.24, 2.45) is 0 Å². The van der Waals surface area contributed by atoms with E-state index in [0.29, 0.717) is 10.0 Å². The van der Waals surface area contributed by atoms with Crippen LogP contribution < -0.4 is 5.32 Å². The maximum atomic E-state index is 11.9. The lowest BCUT2D eigenvalue weighted by Crippen LogP contribution is -2.34. The normalized spacial score (nSPS) is 11.8. The number of nitrogens with one attached hydrogen (secondary N) is 1. The Morgan fingerprint density at radius 1 is 1.44 bits per heavy atom. The second kappa shape index (κ2) is 7.44. The van der Waals surface area contributed by atoms with Gasteiger partial charge in [0.2, 0.25) is 0 Å². The maximum absolute atomic E-state index is 11.9. The van der Waals surface area contributed by atoms with Gasteiger partial charge in [0.05, 0.1) is 12.7 Å². The van der Waals surface area contributed by atoms with Crippen LogP contribution in [-0.2, 0) is 9.53 Å². The van der Waals surface area contributed by atoms with Gasteiger partial charge in [0.25, 0.3) is 5.91 Å². The first-order chi connectivity index (χ1) is 8.45. The van der Waals surface area contributed by atoms with Crippen molar-refractivity contribution in [3.63, 3.8) is 0 Å². The maximum Gasteiger partial charge on any atom is 0.320 e. The lowest BCUT2D eigenvalue weighted by atomic mass is 10.2. The minimum absolute atomic E-state index is 0.227. The van der Waals surface area contributed by atoms with Crippen LogP contribution in [0, 0.1) is 0 Å². The first kappa shape index (κ1) is 15.9. The molecule has 0 heterocycles. The zero-order valence-corrected chi connectivity index (χ0v) is 14.7. The van der Waals surface area contributed by atoms with Crippen LogP contribution in [0.5, 0.6) is 0 Å². The predicted molar refractivity (Wildman–Crippen MR) is 84.0 cm³/mol. The monoisotopic (exact) mass is 489 g/mol. The van der Waals surface area contributed by atoms with E-state index < -0.39 is 3.92 Å². The molecule has 1 atom stereocenters. The summed E-state index contributed by atoms with van der Waals surface area (Å²) in [5, 5.41) is 2.68. The van der Waals surface area contributed by atoms with Gasteiger partial charge in [-0.3, -0.25) is 9.59 Å². The second-order valence-corrected chi connectivity index (χ2v) is 6.60. The summed E-state index contributed by atoms with van der Waals surface area (Å²) in [5.74, 6) is -0.599. The van der Waals surface area contributed by atoms with Gasteiger partial charge in [-0.1, -0.05) is 38.5 Å². The summed E-state index contributed by atoms with van der Waals surface area (Å²) < 4.78 is 5.69. The van der Waals surface area contributed by atoms with Crippen LogP contribution in [0.1, 0.15) is 10.4 Å². The summed E-state index contributed by atoms with van der Waals surface area (Å²) in [6.07, 6.45) is 0. The highest BCUT2D eigenvalue weighted by Gasteiger charge is 2.17. The highest BCUT2D eigenvalue weighted by Crippen LogP contribution is 2.21. The van der Waals surface area contributed by atoms with E-state index in [4.69, 9.17) is 0 Å². The van der Waals surface area contributed by atoms with Gasteiger partial charge < -0.3 is 10.1 Å². The predicted octanol–water partition coefficient (Wildman–Crippen LogP) is 2.92. The molecule has 1 amide bonds. The number of rotatable bonds is 4. The summed E-state index contributed by atoms with van der Waals surface area (Å²) in [5.41, 5.74) is 0.512. The molecular weight excluding hydrogens is 481 g/mol. The number of carbonyl (C=O) groups is 2. The first-order valence-electron chi connectivity index (χ1n) is 4.91. The van der Waals surface area contributed by atoms with Crippen LogP contribution in [-0.4, -0.2) is 29.5 Å². The summed E-state index contributed by atoms with van der Waals surface area (Å²) in [6, 6.07) is 5.32. The van der Waals surface area contributed by atoms with Crippen molar-refractivity contribution in [3.8, 4) is 0 Å². The average Bonchev–Trinajstić information content (AvgIpc) is 2.37. The second-order valence-electron chi connectivity index (χ2n) is 3.32. The number of esters is 1. The van der Waals surface area contributed by atoms with Gasteiger partial charge in [0.15, 0.2) is 0 Å². The number of ether oxygens (including phenoxy) is 1. The Labute approximate surface area is 135 Å². The molecule has 0 aliphatic rings. The summed E-state index contributed by atoms with van der Waals surface area (Å²) in [7, 11) is 1.32. The molecular formula is C11H10Br2INO3. The Bertz CT molecular complexity index is 468. The number of benzene rings is 1. The van der Waals surface area contributed by atoms with Gasteiger partial charge in [-0.15, -0.1) is 0 Å². The fourth-order valence-corrected chi connectivity index (χ4v) is 2.42. The molecule has 18 heavy (non-hydrogen) atoms. The molecule has 1 aromatic carbocycles. The number of hydrogen-bond acceptors (Lipinski definition) is 3. The first-order valence-corrected chi connectivity index (χ1v) is 7.74. The van der Waals surface area contributed by atoms with Gasteiger partial charge in [0, 0.05) is 15.5 Å². The molecule has 0 aliphatic heterocycles. The van der Waals surface area contributed by atoms with Gasteiger partial charge in [0.1, 0.15) is 3.92 Å². The topological polar surface area (TPSA) is 55.4 Å². The summed E-state index contributed by atoms with van der Waals surface area (Å²) in [4.78, 5) is 23.1. The molecule has 4 nitrogen and oxygen atoms in total. The minimum Gasteiger partial charge on any atom is -0.468 e. The van der Waals surface area contributed by atoms with Gasteiger partial charge in [-0.05, 0) is 34.1 Å². The van der Waals surface area contributed by atoms with Crippen molar-refractivity contribution < 1.29 is 14.3 Å². The molecule has 0 spiro atoms. The Balaban J connectivity index is 2.66. The molecule has 0 radical (unpaired) electrons. The van der Waals surface area contributed by atoms with E-state index in [-0.39, 0.29) is 18.4 Å². The van der Waals surface area contributed by atoms with E-state index in [1.54, 1.807) is 12.1 Å². The van der Waals surface area contributed by atoms with Crippen LogP contribution in [0.15, 0.2) is 27.1 Å². The van der Waals surface area contributed by atoms with Crippen LogP contribution in [0.25, 0.3) is 0 Å². The zero-order chi connectivity index (χ0) is 13.7. The van der Waals surface area contributed by atoms with E-state index >= 15 is 0 Å². The molecule has 1 unspecified atom stereocenters. The molecule has 0 saturated carbocycles. The molecule has 0 aliphatic carbocycles. The molecule has 98 valence electrons. The molecule has 1 N–H and O–H groups in total. The average molecular weight is 491 g/mol. The van der Waals surface area contributed by atoms with Gasteiger partial charge in [-0.25, -0.2) is 0 Å². The van der Waals surface area contributed by atoms with Crippen molar-refractivity contribution in [2.45, 2.75) is 3.92 Å². The van der Waals surface area contributed by atoms with E-state index in [1.165, 1.54) is 7.11 Å². The molecule has 0 fully saturated rings. The molecule has 7 heteroatoms. The van der Waals surface area contributed by atoms with E-state index in [9.17, 15) is 9.59 Å². The number of halogens is 3. The smallest absolute Gasteiger partial charge is 0.320 e. The largest absolute Gasteiger partial charge is 0.468 e. The fraction of sp³-hybridized carbons (Fsp3) is 0.273. The SMILES string of the molecule is COC(=O)C(I)CNC(=O)c1cc(Br)ccc1Br. The fourth-order valence-electron chi connectivity index (χ4n) is 1.16. The van der Waals surface area contributed by atoms with Crippen LogP contribution in [0.2, 0.25) is 0 Å². The number of alkyl halides is 1. The number of hydrogen-bond donors (Lipinski definition) is 1. The summed E-state index contributed by atoms with van der Waals surface area (Å²) in [6.45, 7) is 0.227. The van der Waals surface area contributed by atoms with Crippen molar-refractivity contribution in [1.82, 2.24) is 5.32 Å². The number of amides is 1. The lowest BCUT2D eigenvalue weighted by Gasteiger charge is -2.10. The van der Waals surface area contributed by atoms with Crippen molar-refractivity contribution >= 4 is 66.3 Å². The highest BCUT2D eigenvalue weighted by molar-refractivity contribution is 14.1. The molecule has 1 rings (SSSR count).